The van der Waals surface area contributed by atoms with Gasteiger partial charge >= 0.3 is 11.9 Å². The fourth-order valence-corrected chi connectivity index (χ4v) is 1.54. The van der Waals surface area contributed by atoms with Crippen molar-refractivity contribution in [2.45, 2.75) is 52.6 Å². The van der Waals surface area contributed by atoms with Gasteiger partial charge in [-0.05, 0) is 32.8 Å². The normalized spacial score (nSPS) is 10.8. The number of allylic oxidation sites excluding steroid dienone is 1. The molecule has 4 heteroatoms. The summed E-state index contributed by atoms with van der Waals surface area (Å²) in [7, 11) is 0. The first-order valence-corrected chi connectivity index (χ1v) is 5.45. The largest absolute Gasteiger partial charge is 0.481 e. The van der Waals surface area contributed by atoms with E-state index in [9.17, 15) is 9.59 Å². The Bertz CT molecular complexity index is 283. The molecule has 0 aliphatic heterocycles. The molecule has 0 heterocycles. The lowest BCUT2D eigenvalue weighted by Crippen LogP contribution is -2.32. The Hall–Kier alpha value is -1.32. The van der Waals surface area contributed by atoms with E-state index in [1.54, 1.807) is 0 Å². The van der Waals surface area contributed by atoms with Crippen LogP contribution in [0.1, 0.15) is 47.0 Å². The third-order valence-electron chi connectivity index (χ3n) is 2.36. The minimum Gasteiger partial charge on any atom is -0.481 e. The van der Waals surface area contributed by atoms with Crippen molar-refractivity contribution in [1.29, 1.82) is 0 Å². The number of rotatable bonds is 6. The molecule has 4 nitrogen and oxygen atoms in total. The van der Waals surface area contributed by atoms with Crippen molar-refractivity contribution in [1.82, 2.24) is 0 Å². The van der Waals surface area contributed by atoms with E-state index in [2.05, 4.69) is 0 Å². The summed E-state index contributed by atoms with van der Waals surface area (Å²) < 4.78 is 5.26. The quantitative estimate of drug-likeness (QED) is 0.431. The van der Waals surface area contributed by atoms with Crippen molar-refractivity contribution >= 4 is 11.9 Å². The highest BCUT2D eigenvalue weighted by molar-refractivity contribution is 5.90. The van der Waals surface area contributed by atoms with Crippen molar-refractivity contribution in [3.63, 3.8) is 0 Å². The maximum absolute atomic E-state index is 11.3. The molecule has 92 valence electrons. The summed E-state index contributed by atoms with van der Waals surface area (Å²) in [5.41, 5.74) is 0.387. The van der Waals surface area contributed by atoms with E-state index in [1.165, 1.54) is 0 Å². The van der Waals surface area contributed by atoms with Crippen LogP contribution in [0.5, 0.6) is 0 Å². The summed E-state index contributed by atoms with van der Waals surface area (Å²) in [5, 5.41) is 8.49. The molecule has 16 heavy (non-hydrogen) atoms. The number of carboxylic acid groups (broad SMARTS) is 1. The van der Waals surface area contributed by atoms with E-state index >= 15 is 0 Å². The number of hydrogen-bond donors (Lipinski definition) is 1. The van der Waals surface area contributed by atoms with Gasteiger partial charge in [-0.1, -0.05) is 19.4 Å². The Labute approximate surface area is 96.3 Å². The molecule has 0 rings (SSSR count). The summed E-state index contributed by atoms with van der Waals surface area (Å²) in [4.78, 5) is 21.7. The van der Waals surface area contributed by atoms with Crippen LogP contribution < -0.4 is 0 Å². The second-order valence-electron chi connectivity index (χ2n) is 4.04. The summed E-state index contributed by atoms with van der Waals surface area (Å²) in [5.74, 6) is -1.85. The lowest BCUT2D eigenvalue weighted by atomic mass is 9.94. The zero-order valence-corrected chi connectivity index (χ0v) is 10.4. The maximum atomic E-state index is 11.3. The van der Waals surface area contributed by atoms with Gasteiger partial charge < -0.3 is 9.84 Å². The molecule has 0 saturated heterocycles. The second-order valence-corrected chi connectivity index (χ2v) is 4.04. The molecule has 0 amide bonds. The van der Waals surface area contributed by atoms with Crippen molar-refractivity contribution in [3.05, 3.63) is 11.6 Å². The van der Waals surface area contributed by atoms with Gasteiger partial charge in [0.2, 0.25) is 0 Å². The van der Waals surface area contributed by atoms with Crippen LogP contribution in [0.3, 0.4) is 0 Å². The van der Waals surface area contributed by atoms with Crippen molar-refractivity contribution < 1.29 is 19.4 Å². The molecule has 0 radical (unpaired) electrons. The molecule has 1 N–H and O–H groups in total. The van der Waals surface area contributed by atoms with E-state index < -0.39 is 24.0 Å². The number of aliphatic carboxylic acids is 1. The molecular weight excluding hydrogens is 208 g/mol. The number of hydrogen-bond acceptors (Lipinski definition) is 3. The van der Waals surface area contributed by atoms with Gasteiger partial charge in [0.05, 0.1) is 0 Å². The van der Waals surface area contributed by atoms with Crippen LogP contribution in [0.4, 0.5) is 0 Å². The van der Waals surface area contributed by atoms with E-state index in [-0.39, 0.29) is 0 Å². The molecule has 0 spiro atoms. The predicted octanol–water partition coefficient (Wildman–Crippen LogP) is 2.53. The van der Waals surface area contributed by atoms with Crippen molar-refractivity contribution in [2.24, 2.45) is 0 Å². The minimum absolute atomic E-state index is 0.585. The van der Waals surface area contributed by atoms with Gasteiger partial charge in [0, 0.05) is 0 Å². The average molecular weight is 228 g/mol. The third-order valence-corrected chi connectivity index (χ3v) is 2.36. The topological polar surface area (TPSA) is 63.6 Å². The standard InChI is InChI=1S/C12H20O4/c1-5-12(6-2,8-9(3)4)16-11(15)7-10(13)14/h8H,5-7H2,1-4H3,(H,13,14). The number of carboxylic acids is 1. The fraction of sp³-hybridized carbons (Fsp3) is 0.667. The van der Waals surface area contributed by atoms with Crippen molar-refractivity contribution in [2.75, 3.05) is 0 Å². The highest BCUT2D eigenvalue weighted by Gasteiger charge is 2.28. The van der Waals surface area contributed by atoms with Crippen LogP contribution in [-0.4, -0.2) is 22.6 Å². The molecule has 0 fully saturated rings. The summed E-state index contributed by atoms with van der Waals surface area (Å²) in [6.45, 7) is 7.67. The molecule has 0 aromatic heterocycles. The molecule has 0 saturated carbocycles. The molecule has 0 bridgehead atoms. The van der Waals surface area contributed by atoms with Crippen LogP contribution in [0, 0.1) is 0 Å². The summed E-state index contributed by atoms with van der Waals surface area (Å²) >= 11 is 0. The number of esters is 1. The second kappa shape index (κ2) is 6.30. The Morgan fingerprint density at radius 3 is 2.06 bits per heavy atom. The van der Waals surface area contributed by atoms with Crippen molar-refractivity contribution in [3.8, 4) is 0 Å². The van der Waals surface area contributed by atoms with Gasteiger partial charge in [0.25, 0.3) is 0 Å². The van der Waals surface area contributed by atoms with Gasteiger partial charge in [-0.3, -0.25) is 9.59 Å². The van der Waals surface area contributed by atoms with Gasteiger partial charge in [0.15, 0.2) is 0 Å². The number of ether oxygens (including phenoxy) is 1. The maximum Gasteiger partial charge on any atom is 0.318 e. The average Bonchev–Trinajstić information content (AvgIpc) is 2.14. The molecular formula is C12H20O4. The monoisotopic (exact) mass is 228 g/mol. The van der Waals surface area contributed by atoms with Gasteiger partial charge in [-0.25, -0.2) is 0 Å². The van der Waals surface area contributed by atoms with Gasteiger partial charge in [-0.2, -0.15) is 0 Å². The van der Waals surface area contributed by atoms with Crippen LogP contribution in [0.15, 0.2) is 11.6 Å². The Morgan fingerprint density at radius 1 is 1.25 bits per heavy atom. The fourth-order valence-electron chi connectivity index (χ4n) is 1.54. The Balaban J connectivity index is 4.74. The zero-order valence-electron chi connectivity index (χ0n) is 10.4. The first kappa shape index (κ1) is 14.7. The smallest absolute Gasteiger partial charge is 0.318 e. The SMILES string of the molecule is CCC(C=C(C)C)(CC)OC(=O)CC(=O)O. The lowest BCUT2D eigenvalue weighted by Gasteiger charge is -2.28. The predicted molar refractivity (Wildman–Crippen MR) is 61.1 cm³/mol. The summed E-state index contributed by atoms with van der Waals surface area (Å²) in [6, 6.07) is 0. The highest BCUT2D eigenvalue weighted by atomic mass is 16.6. The van der Waals surface area contributed by atoms with Crippen LogP contribution in [0.2, 0.25) is 0 Å². The van der Waals surface area contributed by atoms with E-state index in [4.69, 9.17) is 9.84 Å². The van der Waals surface area contributed by atoms with Crippen LogP contribution in [-0.2, 0) is 14.3 Å². The third kappa shape index (κ3) is 4.96. The van der Waals surface area contributed by atoms with Crippen LogP contribution >= 0.6 is 0 Å². The van der Waals surface area contributed by atoms with Gasteiger partial charge in [-0.15, -0.1) is 0 Å². The minimum atomic E-state index is -1.16. The summed E-state index contributed by atoms with van der Waals surface area (Å²) in [6.07, 6.45) is 2.57. The zero-order chi connectivity index (χ0) is 12.8. The highest BCUT2D eigenvalue weighted by Crippen LogP contribution is 2.24. The van der Waals surface area contributed by atoms with E-state index in [0.717, 1.165) is 5.57 Å². The first-order chi connectivity index (χ1) is 7.35. The first-order valence-electron chi connectivity index (χ1n) is 5.45. The molecule has 0 atom stereocenters. The molecule has 0 unspecified atom stereocenters. The lowest BCUT2D eigenvalue weighted by molar-refractivity contribution is -0.160. The van der Waals surface area contributed by atoms with Gasteiger partial charge in [0.1, 0.15) is 12.0 Å². The van der Waals surface area contributed by atoms with E-state index in [1.807, 2.05) is 33.8 Å². The van der Waals surface area contributed by atoms with E-state index in [0.29, 0.717) is 12.8 Å². The van der Waals surface area contributed by atoms with Crippen LogP contribution in [0.25, 0.3) is 0 Å². The molecule has 0 aromatic carbocycles. The Kier molecular flexibility index (Phi) is 5.78. The molecule has 0 aliphatic rings. The molecule has 0 aromatic rings. The molecule has 0 aliphatic carbocycles. The Morgan fingerprint density at radius 2 is 1.75 bits per heavy atom. The number of carbonyl (C=O) groups is 2. The number of carbonyl (C=O) groups excluding carboxylic acids is 1.